The molecule has 0 radical (unpaired) electrons. The molecule has 3 N–H and O–H groups in total. The Morgan fingerprint density at radius 1 is 1.33 bits per heavy atom. The molecule has 0 bridgehead atoms. The third kappa shape index (κ3) is 4.62. The van der Waals surface area contributed by atoms with Gasteiger partial charge in [-0.15, -0.1) is 0 Å². The molecule has 0 spiro atoms. The summed E-state index contributed by atoms with van der Waals surface area (Å²) in [7, 11) is 1.85. The van der Waals surface area contributed by atoms with Crippen molar-refractivity contribution >= 4 is 11.5 Å². The van der Waals surface area contributed by atoms with Gasteiger partial charge in [0.25, 0.3) is 0 Å². The van der Waals surface area contributed by atoms with Crippen molar-refractivity contribution < 1.29 is 4.74 Å². The molecule has 0 aliphatic carbocycles. The number of hydrogen-bond acceptors (Lipinski definition) is 6. The number of nitrogen functional groups attached to an aromatic ring is 1. The van der Waals surface area contributed by atoms with Crippen LogP contribution in [0.25, 0.3) is 0 Å². The molecule has 0 saturated carbocycles. The molecule has 114 valence electrons. The molecule has 0 atom stereocenters. The highest BCUT2D eigenvalue weighted by atomic mass is 16.5. The van der Waals surface area contributed by atoms with E-state index in [1.54, 1.807) is 17.1 Å². The maximum absolute atomic E-state index is 5.88. The molecule has 0 unspecified atom stereocenters. The van der Waals surface area contributed by atoms with Crippen molar-refractivity contribution in [3.05, 3.63) is 24.3 Å². The van der Waals surface area contributed by atoms with E-state index in [0.717, 1.165) is 18.1 Å². The van der Waals surface area contributed by atoms with E-state index in [4.69, 9.17) is 10.5 Å². The van der Waals surface area contributed by atoms with Gasteiger partial charge in [0.1, 0.15) is 17.7 Å². The van der Waals surface area contributed by atoms with Gasteiger partial charge in [0.05, 0.1) is 5.69 Å². The van der Waals surface area contributed by atoms with Crippen LogP contribution in [0.3, 0.4) is 0 Å². The molecule has 0 aliphatic rings. The van der Waals surface area contributed by atoms with Gasteiger partial charge >= 0.3 is 0 Å². The van der Waals surface area contributed by atoms with Crippen LogP contribution in [-0.2, 0) is 13.5 Å². The van der Waals surface area contributed by atoms with Crippen molar-refractivity contribution in [2.75, 3.05) is 17.6 Å². The van der Waals surface area contributed by atoms with E-state index in [-0.39, 0.29) is 5.60 Å². The van der Waals surface area contributed by atoms with Crippen LogP contribution in [-0.4, -0.2) is 31.9 Å². The van der Waals surface area contributed by atoms with Gasteiger partial charge in [-0.3, -0.25) is 4.68 Å². The predicted octanol–water partition coefficient (Wildman–Crippen LogP) is 1.62. The Morgan fingerprint density at radius 3 is 2.71 bits per heavy atom. The van der Waals surface area contributed by atoms with Gasteiger partial charge in [0, 0.05) is 20.0 Å². The van der Waals surface area contributed by atoms with Crippen molar-refractivity contribution in [2.45, 2.75) is 32.8 Å². The van der Waals surface area contributed by atoms with Gasteiger partial charge < -0.3 is 15.8 Å². The third-order valence-corrected chi connectivity index (χ3v) is 2.59. The van der Waals surface area contributed by atoms with Gasteiger partial charge in [0.15, 0.2) is 5.82 Å². The van der Waals surface area contributed by atoms with Gasteiger partial charge in [-0.2, -0.15) is 10.1 Å². The van der Waals surface area contributed by atoms with E-state index < -0.39 is 0 Å². The molecule has 0 amide bonds. The molecule has 2 aromatic rings. The summed E-state index contributed by atoms with van der Waals surface area (Å²) >= 11 is 0. The quantitative estimate of drug-likeness (QED) is 0.869. The van der Waals surface area contributed by atoms with Crippen molar-refractivity contribution in [1.29, 1.82) is 0 Å². The summed E-state index contributed by atoms with van der Waals surface area (Å²) in [6.07, 6.45) is 2.41. The fourth-order valence-corrected chi connectivity index (χ4v) is 1.72. The van der Waals surface area contributed by atoms with Gasteiger partial charge in [0.2, 0.25) is 5.88 Å². The Morgan fingerprint density at radius 2 is 2.10 bits per heavy atom. The third-order valence-electron chi connectivity index (χ3n) is 2.59. The number of rotatable bonds is 5. The van der Waals surface area contributed by atoms with Crippen LogP contribution in [0.1, 0.15) is 26.6 Å². The van der Waals surface area contributed by atoms with Crippen LogP contribution in [0.2, 0.25) is 0 Å². The molecule has 21 heavy (non-hydrogen) atoms. The zero-order chi connectivity index (χ0) is 15.5. The van der Waals surface area contributed by atoms with E-state index in [2.05, 4.69) is 20.4 Å². The Balaban J connectivity index is 1.95. The Hall–Kier alpha value is -2.31. The highest BCUT2D eigenvalue weighted by molar-refractivity contribution is 5.53. The van der Waals surface area contributed by atoms with Crippen LogP contribution in [0.4, 0.5) is 11.5 Å². The molecule has 2 rings (SSSR count). The van der Waals surface area contributed by atoms with E-state index in [1.165, 1.54) is 0 Å². The monoisotopic (exact) mass is 290 g/mol. The topological polar surface area (TPSA) is 90.9 Å². The maximum Gasteiger partial charge on any atom is 0.239 e. The Labute approximate surface area is 124 Å². The summed E-state index contributed by atoms with van der Waals surface area (Å²) < 4.78 is 7.42. The molecule has 2 heterocycles. The number of nitrogens with zero attached hydrogens (tertiary/aromatic N) is 4. The first kappa shape index (κ1) is 15.1. The lowest BCUT2D eigenvalue weighted by Crippen LogP contribution is -2.24. The molecule has 0 aromatic carbocycles. The molecule has 2 aromatic heterocycles. The summed E-state index contributed by atoms with van der Waals surface area (Å²) in [5.41, 5.74) is 6.07. The number of nitrogens with one attached hydrogen (secondary N) is 1. The fraction of sp³-hybridized carbons (Fsp3) is 0.500. The molecule has 7 heteroatoms. The largest absolute Gasteiger partial charge is 0.470 e. The maximum atomic E-state index is 5.88. The van der Waals surface area contributed by atoms with Gasteiger partial charge in [-0.25, -0.2) is 4.98 Å². The first-order valence-corrected chi connectivity index (χ1v) is 6.87. The summed E-state index contributed by atoms with van der Waals surface area (Å²) in [6.45, 7) is 6.57. The number of nitrogens with two attached hydrogens (primary N) is 1. The minimum absolute atomic E-state index is 0.336. The summed E-state index contributed by atoms with van der Waals surface area (Å²) in [6, 6.07) is 3.62. The molecule has 0 saturated heterocycles. The second-order valence-electron chi connectivity index (χ2n) is 5.82. The standard InChI is InChI=1S/C14H22N6O/c1-14(2,3)21-13-10(15)5-6-11(18-13)16-8-7-12-17-9-20(4)19-12/h5-6,9H,7-8,15H2,1-4H3,(H,16,18). The lowest BCUT2D eigenvalue weighted by atomic mass is 10.2. The summed E-state index contributed by atoms with van der Waals surface area (Å²) in [5, 5.41) is 7.44. The molecule has 7 nitrogen and oxygen atoms in total. The van der Waals surface area contributed by atoms with Crippen LogP contribution in [0.5, 0.6) is 5.88 Å². The molecular formula is C14H22N6O. The van der Waals surface area contributed by atoms with E-state index >= 15 is 0 Å². The van der Waals surface area contributed by atoms with Crippen molar-refractivity contribution in [3.63, 3.8) is 0 Å². The lowest BCUT2D eigenvalue weighted by Gasteiger charge is -2.21. The minimum atomic E-state index is -0.336. The van der Waals surface area contributed by atoms with Crippen LogP contribution < -0.4 is 15.8 Å². The van der Waals surface area contributed by atoms with E-state index in [9.17, 15) is 0 Å². The highest BCUT2D eigenvalue weighted by Crippen LogP contribution is 2.24. The first-order chi connectivity index (χ1) is 9.83. The number of aryl methyl sites for hydroxylation is 1. The summed E-state index contributed by atoms with van der Waals surface area (Å²) in [5.74, 6) is 1.97. The molecule has 0 fully saturated rings. The van der Waals surface area contributed by atoms with Gasteiger partial charge in [-0.05, 0) is 32.9 Å². The SMILES string of the molecule is Cn1cnc(CCNc2ccc(N)c(OC(C)(C)C)n2)n1. The molecular weight excluding hydrogens is 268 g/mol. The van der Waals surface area contributed by atoms with Crippen LogP contribution in [0, 0.1) is 0 Å². The zero-order valence-corrected chi connectivity index (χ0v) is 12.9. The van der Waals surface area contributed by atoms with Gasteiger partial charge in [-0.1, -0.05) is 0 Å². The number of pyridine rings is 1. The lowest BCUT2D eigenvalue weighted by molar-refractivity contribution is 0.125. The zero-order valence-electron chi connectivity index (χ0n) is 12.9. The second-order valence-corrected chi connectivity index (χ2v) is 5.82. The molecule has 0 aliphatic heterocycles. The number of aromatic nitrogens is 4. The van der Waals surface area contributed by atoms with E-state index in [0.29, 0.717) is 18.1 Å². The van der Waals surface area contributed by atoms with Crippen molar-refractivity contribution in [3.8, 4) is 5.88 Å². The Kier molecular flexibility index (Phi) is 4.30. The average Bonchev–Trinajstić information content (AvgIpc) is 2.77. The number of hydrogen-bond donors (Lipinski definition) is 2. The van der Waals surface area contributed by atoms with Crippen molar-refractivity contribution in [1.82, 2.24) is 19.7 Å². The summed E-state index contributed by atoms with van der Waals surface area (Å²) in [4.78, 5) is 8.56. The normalized spacial score (nSPS) is 11.4. The number of anilines is 2. The van der Waals surface area contributed by atoms with Crippen molar-refractivity contribution in [2.24, 2.45) is 7.05 Å². The smallest absolute Gasteiger partial charge is 0.239 e. The van der Waals surface area contributed by atoms with Crippen LogP contribution in [0.15, 0.2) is 18.5 Å². The minimum Gasteiger partial charge on any atom is -0.470 e. The van der Waals surface area contributed by atoms with Crippen LogP contribution >= 0.6 is 0 Å². The van der Waals surface area contributed by atoms with E-state index in [1.807, 2.05) is 33.9 Å². The highest BCUT2D eigenvalue weighted by Gasteiger charge is 2.15. The second kappa shape index (κ2) is 5.99. The fourth-order valence-electron chi connectivity index (χ4n) is 1.72. The first-order valence-electron chi connectivity index (χ1n) is 6.87. The Bertz CT molecular complexity index is 602. The predicted molar refractivity (Wildman–Crippen MR) is 82.2 cm³/mol. The average molecular weight is 290 g/mol. The number of ether oxygens (including phenoxy) is 1.